The van der Waals surface area contributed by atoms with Crippen LogP contribution in [0.1, 0.15) is 52.9 Å². The molecule has 1 aliphatic heterocycles. The predicted octanol–water partition coefficient (Wildman–Crippen LogP) is 6.02. The van der Waals surface area contributed by atoms with E-state index in [-0.39, 0.29) is 12.4 Å². The third kappa shape index (κ3) is 4.68. The lowest BCUT2D eigenvalue weighted by Crippen LogP contribution is -2.45. The molecule has 2 rings (SSSR count). The number of rotatable bonds is 4. The Bertz CT molecular complexity index is 490. The van der Waals surface area contributed by atoms with Crippen molar-refractivity contribution in [2.45, 2.75) is 83.7 Å². The maximum atomic E-state index is 6.40. The molecule has 1 fully saturated rings. The lowest BCUT2D eigenvalue weighted by atomic mass is 9.99. The SMILES string of the molecule is CC(C)C1CC(C[Si](C)(C)C(C)(C)C)OC(c2ccccc2)O1. The van der Waals surface area contributed by atoms with Crippen molar-refractivity contribution in [2.75, 3.05) is 0 Å². The molecule has 0 aromatic heterocycles. The maximum absolute atomic E-state index is 6.40. The first-order chi connectivity index (χ1) is 10.6. The molecule has 2 nitrogen and oxygen atoms in total. The molecule has 0 bridgehead atoms. The van der Waals surface area contributed by atoms with E-state index >= 15 is 0 Å². The highest BCUT2D eigenvalue weighted by atomic mass is 28.3. The Hall–Kier alpha value is -0.643. The molecule has 0 N–H and O–H groups in total. The van der Waals surface area contributed by atoms with Crippen molar-refractivity contribution in [1.29, 1.82) is 0 Å². The molecule has 3 heteroatoms. The van der Waals surface area contributed by atoms with Gasteiger partial charge in [0.05, 0.1) is 20.3 Å². The first-order valence-corrected chi connectivity index (χ1v) is 12.2. The van der Waals surface area contributed by atoms with Crippen molar-refractivity contribution in [1.82, 2.24) is 0 Å². The topological polar surface area (TPSA) is 18.5 Å². The second-order valence-electron chi connectivity index (χ2n) is 8.99. The van der Waals surface area contributed by atoms with Crippen LogP contribution in [0.4, 0.5) is 0 Å². The highest BCUT2D eigenvalue weighted by Crippen LogP contribution is 2.43. The summed E-state index contributed by atoms with van der Waals surface area (Å²) in [5.74, 6) is 0.520. The van der Waals surface area contributed by atoms with Crippen LogP contribution >= 0.6 is 0 Å². The van der Waals surface area contributed by atoms with Crippen LogP contribution in [0.15, 0.2) is 30.3 Å². The molecule has 130 valence electrons. The first-order valence-electron chi connectivity index (χ1n) is 8.96. The zero-order valence-electron chi connectivity index (χ0n) is 15.9. The Kier molecular flexibility index (Phi) is 5.75. The molecule has 1 aromatic rings. The quantitative estimate of drug-likeness (QED) is 0.626. The maximum Gasteiger partial charge on any atom is 0.184 e. The van der Waals surface area contributed by atoms with E-state index in [2.05, 4.69) is 72.0 Å². The van der Waals surface area contributed by atoms with Gasteiger partial charge in [0.2, 0.25) is 0 Å². The van der Waals surface area contributed by atoms with Gasteiger partial charge >= 0.3 is 0 Å². The molecule has 0 saturated carbocycles. The van der Waals surface area contributed by atoms with Gasteiger partial charge in [0.25, 0.3) is 0 Å². The van der Waals surface area contributed by atoms with E-state index in [1.807, 2.05) is 6.07 Å². The van der Waals surface area contributed by atoms with Gasteiger partial charge in [0.15, 0.2) is 6.29 Å². The number of hydrogen-bond donors (Lipinski definition) is 0. The van der Waals surface area contributed by atoms with Gasteiger partial charge in [0.1, 0.15) is 0 Å². The van der Waals surface area contributed by atoms with Crippen LogP contribution in [0, 0.1) is 5.92 Å². The zero-order valence-corrected chi connectivity index (χ0v) is 16.9. The van der Waals surface area contributed by atoms with Crippen molar-refractivity contribution in [3.8, 4) is 0 Å². The average Bonchev–Trinajstić information content (AvgIpc) is 2.46. The zero-order chi connectivity index (χ0) is 17.3. The van der Waals surface area contributed by atoms with Crippen molar-refractivity contribution >= 4 is 8.07 Å². The largest absolute Gasteiger partial charge is 0.345 e. The van der Waals surface area contributed by atoms with Gasteiger partial charge in [-0.2, -0.15) is 0 Å². The third-order valence-corrected chi connectivity index (χ3v) is 11.2. The highest BCUT2D eigenvalue weighted by Gasteiger charge is 2.41. The van der Waals surface area contributed by atoms with Crippen LogP contribution in [-0.4, -0.2) is 20.3 Å². The molecule has 23 heavy (non-hydrogen) atoms. The van der Waals surface area contributed by atoms with E-state index in [9.17, 15) is 0 Å². The summed E-state index contributed by atoms with van der Waals surface area (Å²) in [6.45, 7) is 16.6. The number of ether oxygens (including phenoxy) is 2. The molecule has 0 radical (unpaired) electrons. The molecule has 3 unspecified atom stereocenters. The summed E-state index contributed by atoms with van der Waals surface area (Å²) in [5.41, 5.74) is 1.14. The van der Waals surface area contributed by atoms with Gasteiger partial charge in [-0.1, -0.05) is 78.0 Å². The number of benzene rings is 1. The molecule has 0 amide bonds. The second-order valence-corrected chi connectivity index (χ2v) is 14.7. The van der Waals surface area contributed by atoms with Gasteiger partial charge in [-0.25, -0.2) is 0 Å². The smallest absolute Gasteiger partial charge is 0.184 e. The van der Waals surface area contributed by atoms with Gasteiger partial charge in [-0.05, 0) is 23.4 Å². The summed E-state index contributed by atoms with van der Waals surface area (Å²) < 4.78 is 12.7. The average molecular weight is 335 g/mol. The highest BCUT2D eigenvalue weighted by molar-refractivity contribution is 6.80. The van der Waals surface area contributed by atoms with Crippen LogP contribution in [0.25, 0.3) is 0 Å². The normalized spacial score (nSPS) is 26.5. The minimum absolute atomic E-state index is 0.216. The molecular formula is C20H34O2Si. The fraction of sp³-hybridized carbons (Fsp3) is 0.700. The molecule has 3 atom stereocenters. The summed E-state index contributed by atoms with van der Waals surface area (Å²) in [7, 11) is -1.37. The van der Waals surface area contributed by atoms with E-state index in [0.717, 1.165) is 12.0 Å². The fourth-order valence-electron chi connectivity index (χ4n) is 2.94. The Morgan fingerprint density at radius 2 is 1.70 bits per heavy atom. The lowest BCUT2D eigenvalue weighted by Gasteiger charge is -2.44. The molecule has 1 aliphatic rings. The Morgan fingerprint density at radius 3 is 2.22 bits per heavy atom. The van der Waals surface area contributed by atoms with Crippen LogP contribution in [0.5, 0.6) is 0 Å². The van der Waals surface area contributed by atoms with Gasteiger partial charge in [-0.3, -0.25) is 0 Å². The van der Waals surface area contributed by atoms with Crippen LogP contribution < -0.4 is 0 Å². The molecule has 1 heterocycles. The number of hydrogen-bond acceptors (Lipinski definition) is 2. The van der Waals surface area contributed by atoms with Crippen LogP contribution in [0.3, 0.4) is 0 Å². The van der Waals surface area contributed by atoms with Crippen LogP contribution in [0.2, 0.25) is 24.2 Å². The van der Waals surface area contributed by atoms with E-state index in [1.165, 1.54) is 6.04 Å². The molecular weight excluding hydrogens is 300 g/mol. The molecule has 1 aromatic carbocycles. The summed E-state index contributed by atoms with van der Waals surface area (Å²) in [4.78, 5) is 0. The van der Waals surface area contributed by atoms with E-state index in [4.69, 9.17) is 9.47 Å². The standard InChI is InChI=1S/C20H34O2Si/c1-15(2)18-13-17(14-23(6,7)20(3,4)5)21-19(22-18)16-11-9-8-10-12-16/h8-12,15,17-19H,13-14H2,1-7H3. The summed E-state index contributed by atoms with van der Waals surface area (Å²) in [6, 6.07) is 11.6. The monoisotopic (exact) mass is 334 g/mol. The Labute approximate surface area is 143 Å². The van der Waals surface area contributed by atoms with Crippen molar-refractivity contribution in [3.63, 3.8) is 0 Å². The van der Waals surface area contributed by atoms with Crippen molar-refractivity contribution in [2.24, 2.45) is 5.92 Å². The van der Waals surface area contributed by atoms with Crippen LogP contribution in [-0.2, 0) is 9.47 Å². The second kappa shape index (κ2) is 7.08. The molecule has 1 saturated heterocycles. The first kappa shape index (κ1) is 18.7. The molecule has 0 aliphatic carbocycles. The van der Waals surface area contributed by atoms with Gasteiger partial charge < -0.3 is 9.47 Å². The summed E-state index contributed by atoms with van der Waals surface area (Å²) in [5, 5.41) is 0.393. The van der Waals surface area contributed by atoms with Crippen molar-refractivity contribution < 1.29 is 9.47 Å². The van der Waals surface area contributed by atoms with E-state index < -0.39 is 8.07 Å². The Morgan fingerprint density at radius 1 is 1.09 bits per heavy atom. The molecule has 0 spiro atoms. The summed E-state index contributed by atoms with van der Waals surface area (Å²) >= 11 is 0. The van der Waals surface area contributed by atoms with E-state index in [0.29, 0.717) is 17.1 Å². The lowest BCUT2D eigenvalue weighted by molar-refractivity contribution is -0.252. The fourth-order valence-corrected chi connectivity index (χ4v) is 4.95. The van der Waals surface area contributed by atoms with E-state index in [1.54, 1.807) is 0 Å². The van der Waals surface area contributed by atoms with Gasteiger partial charge in [0, 0.05) is 5.56 Å². The minimum atomic E-state index is -1.37. The predicted molar refractivity (Wildman–Crippen MR) is 100 cm³/mol. The van der Waals surface area contributed by atoms with Crippen molar-refractivity contribution in [3.05, 3.63) is 35.9 Å². The Balaban J connectivity index is 2.16. The summed E-state index contributed by atoms with van der Waals surface area (Å²) in [6.07, 6.45) is 1.39. The third-order valence-electron chi connectivity index (χ3n) is 5.69. The minimum Gasteiger partial charge on any atom is -0.345 e. The van der Waals surface area contributed by atoms with Gasteiger partial charge in [-0.15, -0.1) is 0 Å².